The van der Waals surface area contributed by atoms with E-state index in [9.17, 15) is 13.2 Å². The number of anilines is 1. The van der Waals surface area contributed by atoms with Crippen molar-refractivity contribution in [2.75, 3.05) is 5.32 Å². The fourth-order valence-corrected chi connectivity index (χ4v) is 1.99. The van der Waals surface area contributed by atoms with Crippen molar-refractivity contribution in [1.29, 1.82) is 5.26 Å². The van der Waals surface area contributed by atoms with E-state index in [1.54, 1.807) is 0 Å². The Balaban J connectivity index is 2.19. The maximum absolute atomic E-state index is 13.6. The molecule has 2 aromatic carbocycles. The van der Waals surface area contributed by atoms with Crippen molar-refractivity contribution in [3.63, 3.8) is 0 Å². The number of halogens is 4. The third-order valence-electron chi connectivity index (χ3n) is 2.58. The van der Waals surface area contributed by atoms with Crippen molar-refractivity contribution >= 4 is 21.6 Å². The number of nitrogens with one attached hydrogen (secondary N) is 1. The first-order valence-electron chi connectivity index (χ1n) is 5.57. The number of benzene rings is 2. The van der Waals surface area contributed by atoms with E-state index >= 15 is 0 Å². The van der Waals surface area contributed by atoms with Crippen LogP contribution in [-0.4, -0.2) is 0 Å². The summed E-state index contributed by atoms with van der Waals surface area (Å²) >= 11 is 2.88. The molecule has 0 unspecified atom stereocenters. The third-order valence-corrected chi connectivity index (χ3v) is 3.19. The first kappa shape index (κ1) is 14.4. The standard InChI is InChI=1S/C14H8BrF3N2/c15-11-4-13(18)14(5-12(11)17)20-7-9-1-8(6-19)2-10(16)3-9/h1-5,20H,7H2. The highest BCUT2D eigenvalue weighted by Crippen LogP contribution is 2.24. The Bertz CT molecular complexity index is 696. The van der Waals surface area contributed by atoms with Crippen molar-refractivity contribution in [1.82, 2.24) is 0 Å². The zero-order valence-corrected chi connectivity index (χ0v) is 11.6. The number of rotatable bonds is 3. The largest absolute Gasteiger partial charge is 0.379 e. The molecule has 0 amide bonds. The van der Waals surface area contributed by atoms with Crippen molar-refractivity contribution in [3.8, 4) is 6.07 Å². The molecule has 0 saturated carbocycles. The molecule has 2 nitrogen and oxygen atoms in total. The van der Waals surface area contributed by atoms with E-state index in [0.29, 0.717) is 5.56 Å². The van der Waals surface area contributed by atoms with E-state index in [4.69, 9.17) is 5.26 Å². The van der Waals surface area contributed by atoms with Gasteiger partial charge >= 0.3 is 0 Å². The quantitative estimate of drug-likeness (QED) is 0.843. The zero-order chi connectivity index (χ0) is 14.7. The summed E-state index contributed by atoms with van der Waals surface area (Å²) in [5.41, 5.74) is 0.599. The van der Waals surface area contributed by atoms with Gasteiger partial charge in [-0.25, -0.2) is 13.2 Å². The lowest BCUT2D eigenvalue weighted by Gasteiger charge is -2.09. The minimum absolute atomic E-state index is 0.0260. The van der Waals surface area contributed by atoms with E-state index in [0.717, 1.165) is 18.2 Å². The van der Waals surface area contributed by atoms with Gasteiger partial charge in [-0.1, -0.05) is 0 Å². The smallest absolute Gasteiger partial charge is 0.147 e. The normalized spacial score (nSPS) is 10.2. The maximum atomic E-state index is 13.6. The van der Waals surface area contributed by atoms with Gasteiger partial charge in [0.1, 0.15) is 17.5 Å². The van der Waals surface area contributed by atoms with Crippen molar-refractivity contribution < 1.29 is 13.2 Å². The molecule has 2 rings (SSSR count). The SMILES string of the molecule is N#Cc1cc(F)cc(CNc2cc(F)c(Br)cc2F)c1. The molecule has 0 saturated heterocycles. The molecule has 2 aromatic rings. The first-order chi connectivity index (χ1) is 9.49. The van der Waals surface area contributed by atoms with E-state index in [1.165, 1.54) is 12.1 Å². The van der Waals surface area contributed by atoms with E-state index in [-0.39, 0.29) is 22.3 Å². The van der Waals surface area contributed by atoms with E-state index in [1.807, 2.05) is 6.07 Å². The summed E-state index contributed by atoms with van der Waals surface area (Å²) in [5.74, 6) is -1.79. The van der Waals surface area contributed by atoms with Crippen molar-refractivity contribution in [2.45, 2.75) is 6.54 Å². The van der Waals surface area contributed by atoms with Crippen LogP contribution in [0.2, 0.25) is 0 Å². The molecule has 0 fully saturated rings. The Hall–Kier alpha value is -2.00. The van der Waals surface area contributed by atoms with Crippen LogP contribution in [0.5, 0.6) is 0 Å². The summed E-state index contributed by atoms with van der Waals surface area (Å²) in [5, 5.41) is 11.4. The Morgan fingerprint density at radius 3 is 2.50 bits per heavy atom. The predicted molar refractivity (Wildman–Crippen MR) is 72.5 cm³/mol. The summed E-state index contributed by atoms with van der Waals surface area (Å²) in [6.07, 6.45) is 0. The van der Waals surface area contributed by atoms with Gasteiger partial charge in [-0.2, -0.15) is 5.26 Å². The van der Waals surface area contributed by atoms with Gasteiger partial charge in [-0.15, -0.1) is 0 Å². The highest BCUT2D eigenvalue weighted by molar-refractivity contribution is 9.10. The molecule has 0 atom stereocenters. The van der Waals surface area contributed by atoms with Crippen LogP contribution in [0.25, 0.3) is 0 Å². The van der Waals surface area contributed by atoms with Crippen molar-refractivity contribution in [2.24, 2.45) is 0 Å². The van der Waals surface area contributed by atoms with Crippen LogP contribution in [0, 0.1) is 28.8 Å². The fourth-order valence-electron chi connectivity index (χ4n) is 1.67. The average molecular weight is 341 g/mol. The molecule has 1 N–H and O–H groups in total. The summed E-state index contributed by atoms with van der Waals surface area (Å²) in [7, 11) is 0. The topological polar surface area (TPSA) is 35.8 Å². The minimum Gasteiger partial charge on any atom is -0.379 e. The Kier molecular flexibility index (Phi) is 4.30. The molecule has 0 radical (unpaired) electrons. The number of hydrogen-bond acceptors (Lipinski definition) is 2. The molecule has 0 aliphatic rings. The zero-order valence-electron chi connectivity index (χ0n) is 10.1. The summed E-state index contributed by atoms with van der Waals surface area (Å²) in [6, 6.07) is 7.63. The molecule has 0 aromatic heterocycles. The lowest BCUT2D eigenvalue weighted by molar-refractivity contribution is 0.596. The van der Waals surface area contributed by atoms with E-state index < -0.39 is 17.5 Å². The summed E-state index contributed by atoms with van der Waals surface area (Å²) < 4.78 is 40.1. The Morgan fingerprint density at radius 1 is 1.05 bits per heavy atom. The molecular formula is C14H8BrF3N2. The van der Waals surface area contributed by atoms with Crippen LogP contribution in [0.15, 0.2) is 34.8 Å². The Labute approximate surface area is 122 Å². The second kappa shape index (κ2) is 5.97. The van der Waals surface area contributed by atoms with Crippen LogP contribution in [-0.2, 0) is 6.54 Å². The number of nitriles is 1. The number of hydrogen-bond donors (Lipinski definition) is 1. The molecule has 6 heteroatoms. The molecule has 20 heavy (non-hydrogen) atoms. The molecule has 102 valence electrons. The van der Waals surface area contributed by atoms with Gasteiger partial charge in [0.25, 0.3) is 0 Å². The highest BCUT2D eigenvalue weighted by atomic mass is 79.9. The highest BCUT2D eigenvalue weighted by Gasteiger charge is 2.08. The minimum atomic E-state index is -0.629. The van der Waals surface area contributed by atoms with Crippen molar-refractivity contribution in [3.05, 3.63) is 63.4 Å². The van der Waals surface area contributed by atoms with Gasteiger partial charge in [0.15, 0.2) is 0 Å². The van der Waals surface area contributed by atoms with Gasteiger partial charge in [0.05, 0.1) is 21.8 Å². The monoisotopic (exact) mass is 340 g/mol. The molecule has 0 aliphatic carbocycles. The van der Waals surface area contributed by atoms with E-state index in [2.05, 4.69) is 21.2 Å². The van der Waals surface area contributed by atoms with Gasteiger partial charge in [0, 0.05) is 12.6 Å². The summed E-state index contributed by atoms with van der Waals surface area (Å²) in [6.45, 7) is 0.0738. The average Bonchev–Trinajstić information content (AvgIpc) is 2.40. The van der Waals surface area contributed by atoms with Crippen LogP contribution >= 0.6 is 15.9 Å². The molecule has 0 aliphatic heterocycles. The number of nitrogens with zero attached hydrogens (tertiary/aromatic N) is 1. The lowest BCUT2D eigenvalue weighted by Crippen LogP contribution is -2.03. The lowest BCUT2D eigenvalue weighted by atomic mass is 10.1. The van der Waals surface area contributed by atoms with Gasteiger partial charge in [0.2, 0.25) is 0 Å². The maximum Gasteiger partial charge on any atom is 0.147 e. The molecule has 0 spiro atoms. The second-order valence-corrected chi connectivity index (χ2v) is 4.91. The van der Waals surface area contributed by atoms with Crippen LogP contribution in [0.3, 0.4) is 0 Å². The van der Waals surface area contributed by atoms with Crippen LogP contribution in [0.1, 0.15) is 11.1 Å². The molecule has 0 heterocycles. The predicted octanol–water partition coefficient (Wildman–Crippen LogP) is 4.35. The first-order valence-corrected chi connectivity index (χ1v) is 6.37. The third kappa shape index (κ3) is 3.31. The second-order valence-electron chi connectivity index (χ2n) is 4.06. The fraction of sp³-hybridized carbons (Fsp3) is 0.0714. The van der Waals surface area contributed by atoms with Gasteiger partial charge in [-0.3, -0.25) is 0 Å². The summed E-state index contributed by atoms with van der Waals surface area (Å²) in [4.78, 5) is 0. The van der Waals surface area contributed by atoms with Gasteiger partial charge < -0.3 is 5.32 Å². The van der Waals surface area contributed by atoms with Gasteiger partial charge in [-0.05, 0) is 45.8 Å². The van der Waals surface area contributed by atoms with Crippen LogP contribution in [0.4, 0.5) is 18.9 Å². The molecule has 0 bridgehead atoms. The Morgan fingerprint density at radius 2 is 1.80 bits per heavy atom. The van der Waals surface area contributed by atoms with Crippen LogP contribution < -0.4 is 5.32 Å². The molecular weight excluding hydrogens is 333 g/mol.